The van der Waals surface area contributed by atoms with Crippen LogP contribution >= 0.6 is 0 Å². The monoisotopic (exact) mass is 351 g/mol. The van der Waals surface area contributed by atoms with Gasteiger partial charge < -0.3 is 15.4 Å². The third-order valence-corrected chi connectivity index (χ3v) is 3.77. The number of ether oxygens (including phenoxy) is 1. The third-order valence-electron chi connectivity index (χ3n) is 3.77. The van der Waals surface area contributed by atoms with Crippen LogP contribution in [-0.4, -0.2) is 18.0 Å². The number of nitrogens with one attached hydrogen (secondary N) is 2. The molecule has 0 unspecified atom stereocenters. The Balaban J connectivity index is 1.65. The number of benzene rings is 2. The Bertz CT molecular complexity index is 898. The van der Waals surface area contributed by atoms with Crippen LogP contribution in [0.25, 0.3) is 0 Å². The summed E-state index contributed by atoms with van der Waals surface area (Å²) in [6.07, 6.45) is 1.51. The summed E-state index contributed by atoms with van der Waals surface area (Å²) in [6, 6.07) is 16.9. The number of carbonyl (C=O) groups is 1. The summed E-state index contributed by atoms with van der Waals surface area (Å²) in [6.45, 7) is 0.390. The van der Waals surface area contributed by atoms with Crippen LogP contribution in [0.1, 0.15) is 15.9 Å². The second-order valence-corrected chi connectivity index (χ2v) is 5.57. The van der Waals surface area contributed by atoms with Gasteiger partial charge in [0.05, 0.1) is 12.8 Å². The average molecular weight is 351 g/mol. The van der Waals surface area contributed by atoms with Gasteiger partial charge >= 0.3 is 0 Å². The number of amides is 1. The molecule has 1 amide bonds. The number of halogens is 1. The predicted molar refractivity (Wildman–Crippen MR) is 98.1 cm³/mol. The number of nitrogens with zero attached hydrogens (tertiary/aromatic N) is 1. The van der Waals surface area contributed by atoms with Gasteiger partial charge in [-0.1, -0.05) is 24.3 Å². The average Bonchev–Trinajstić information content (AvgIpc) is 2.68. The van der Waals surface area contributed by atoms with Gasteiger partial charge in [-0.25, -0.2) is 9.37 Å². The highest BCUT2D eigenvalue weighted by atomic mass is 19.1. The Labute approximate surface area is 150 Å². The van der Waals surface area contributed by atoms with Crippen LogP contribution in [-0.2, 0) is 6.54 Å². The zero-order valence-electron chi connectivity index (χ0n) is 14.2. The molecule has 0 spiro atoms. The summed E-state index contributed by atoms with van der Waals surface area (Å²) >= 11 is 0. The van der Waals surface area contributed by atoms with Crippen LogP contribution in [0.15, 0.2) is 66.9 Å². The standard InChI is InChI=1S/C20H18FN3O2/c1-26-16-8-6-14(7-9-16)13-23-20(25)15-10-11-22-19(12-15)24-18-5-3-2-4-17(18)21/h2-12H,13H2,1H3,(H,22,24)(H,23,25). The van der Waals surface area contributed by atoms with E-state index < -0.39 is 0 Å². The molecule has 0 saturated carbocycles. The van der Waals surface area contributed by atoms with Crippen LogP contribution in [0.4, 0.5) is 15.9 Å². The highest BCUT2D eigenvalue weighted by Gasteiger charge is 2.08. The van der Waals surface area contributed by atoms with E-state index in [-0.39, 0.29) is 11.7 Å². The molecule has 1 heterocycles. The second kappa shape index (κ2) is 8.11. The highest BCUT2D eigenvalue weighted by molar-refractivity contribution is 5.94. The van der Waals surface area contributed by atoms with Crippen molar-refractivity contribution in [3.05, 3.63) is 83.8 Å². The normalized spacial score (nSPS) is 10.2. The molecular weight excluding hydrogens is 333 g/mol. The first kappa shape index (κ1) is 17.4. The first-order valence-electron chi connectivity index (χ1n) is 8.04. The molecule has 0 aliphatic carbocycles. The Hall–Kier alpha value is -3.41. The number of hydrogen-bond acceptors (Lipinski definition) is 4. The van der Waals surface area contributed by atoms with Crippen molar-refractivity contribution >= 4 is 17.4 Å². The first-order chi connectivity index (χ1) is 12.7. The van der Waals surface area contributed by atoms with Crippen molar-refractivity contribution in [3.8, 4) is 5.75 Å². The van der Waals surface area contributed by atoms with E-state index >= 15 is 0 Å². The summed E-state index contributed by atoms with van der Waals surface area (Å²) in [5.74, 6) is 0.536. The van der Waals surface area contributed by atoms with Gasteiger partial charge in [0.25, 0.3) is 5.91 Å². The molecule has 132 valence electrons. The number of pyridine rings is 1. The molecule has 0 radical (unpaired) electrons. The van der Waals surface area contributed by atoms with E-state index in [4.69, 9.17) is 4.74 Å². The minimum absolute atomic E-state index is 0.236. The van der Waals surface area contributed by atoms with Gasteiger partial charge in [-0.3, -0.25) is 4.79 Å². The summed E-state index contributed by atoms with van der Waals surface area (Å²) in [5, 5.41) is 5.72. The fourth-order valence-electron chi connectivity index (χ4n) is 2.37. The van der Waals surface area contributed by atoms with E-state index in [1.54, 1.807) is 37.4 Å². The van der Waals surface area contributed by atoms with Crippen molar-refractivity contribution in [2.75, 3.05) is 12.4 Å². The number of anilines is 2. The summed E-state index contributed by atoms with van der Waals surface area (Å²) in [5.41, 5.74) is 1.70. The van der Waals surface area contributed by atoms with Gasteiger partial charge in [0, 0.05) is 18.3 Å². The lowest BCUT2D eigenvalue weighted by Crippen LogP contribution is -2.22. The molecule has 1 aromatic heterocycles. The van der Waals surface area contributed by atoms with Gasteiger partial charge in [0.2, 0.25) is 0 Å². The highest BCUT2D eigenvalue weighted by Crippen LogP contribution is 2.18. The minimum Gasteiger partial charge on any atom is -0.497 e. The maximum Gasteiger partial charge on any atom is 0.251 e. The number of aromatic nitrogens is 1. The SMILES string of the molecule is COc1ccc(CNC(=O)c2ccnc(Nc3ccccc3F)c2)cc1. The lowest BCUT2D eigenvalue weighted by atomic mass is 10.2. The number of methoxy groups -OCH3 is 1. The van der Waals surface area contributed by atoms with Crippen LogP contribution in [0, 0.1) is 5.82 Å². The fraction of sp³-hybridized carbons (Fsp3) is 0.100. The molecule has 0 aliphatic rings. The number of hydrogen-bond donors (Lipinski definition) is 2. The summed E-state index contributed by atoms with van der Waals surface area (Å²) in [7, 11) is 1.60. The quantitative estimate of drug-likeness (QED) is 0.707. The first-order valence-corrected chi connectivity index (χ1v) is 8.04. The van der Waals surface area contributed by atoms with Crippen LogP contribution < -0.4 is 15.4 Å². The van der Waals surface area contributed by atoms with Gasteiger partial charge in [0.15, 0.2) is 0 Å². The lowest BCUT2D eigenvalue weighted by molar-refractivity contribution is 0.0951. The molecule has 2 aromatic carbocycles. The molecular formula is C20H18FN3O2. The molecule has 3 rings (SSSR count). The number of para-hydroxylation sites is 1. The summed E-state index contributed by atoms with van der Waals surface area (Å²) < 4.78 is 18.8. The maximum absolute atomic E-state index is 13.7. The Kier molecular flexibility index (Phi) is 5.43. The Morgan fingerprint density at radius 3 is 2.62 bits per heavy atom. The van der Waals surface area contributed by atoms with E-state index in [0.29, 0.717) is 23.6 Å². The Morgan fingerprint density at radius 1 is 1.12 bits per heavy atom. The van der Waals surface area contributed by atoms with E-state index in [0.717, 1.165) is 11.3 Å². The van der Waals surface area contributed by atoms with Gasteiger partial charge in [0.1, 0.15) is 17.4 Å². The van der Waals surface area contributed by atoms with Crippen molar-refractivity contribution in [3.63, 3.8) is 0 Å². The molecule has 2 N–H and O–H groups in total. The molecule has 6 heteroatoms. The molecule has 26 heavy (non-hydrogen) atoms. The zero-order valence-corrected chi connectivity index (χ0v) is 14.2. The molecule has 0 fully saturated rings. The van der Waals surface area contributed by atoms with E-state index in [1.807, 2.05) is 24.3 Å². The molecule has 0 bridgehead atoms. The lowest BCUT2D eigenvalue weighted by Gasteiger charge is -2.09. The van der Waals surface area contributed by atoms with Crippen molar-refractivity contribution < 1.29 is 13.9 Å². The summed E-state index contributed by atoms with van der Waals surface area (Å²) in [4.78, 5) is 16.5. The predicted octanol–water partition coefficient (Wildman–Crippen LogP) is 3.90. The third kappa shape index (κ3) is 4.36. The van der Waals surface area contributed by atoms with Crippen LogP contribution in [0.2, 0.25) is 0 Å². The van der Waals surface area contributed by atoms with Crippen molar-refractivity contribution in [2.24, 2.45) is 0 Å². The topological polar surface area (TPSA) is 63.2 Å². The molecule has 0 aliphatic heterocycles. The van der Waals surface area contributed by atoms with Crippen molar-refractivity contribution in [1.82, 2.24) is 10.3 Å². The number of carbonyl (C=O) groups excluding carboxylic acids is 1. The molecule has 5 nitrogen and oxygen atoms in total. The Morgan fingerprint density at radius 2 is 1.88 bits per heavy atom. The van der Waals surface area contributed by atoms with E-state index in [2.05, 4.69) is 15.6 Å². The zero-order chi connectivity index (χ0) is 18.4. The molecule has 3 aromatic rings. The van der Waals surface area contributed by atoms with Crippen LogP contribution in [0.5, 0.6) is 5.75 Å². The van der Waals surface area contributed by atoms with Gasteiger partial charge in [-0.15, -0.1) is 0 Å². The second-order valence-electron chi connectivity index (χ2n) is 5.57. The van der Waals surface area contributed by atoms with Crippen molar-refractivity contribution in [2.45, 2.75) is 6.54 Å². The largest absolute Gasteiger partial charge is 0.497 e. The van der Waals surface area contributed by atoms with E-state index in [1.165, 1.54) is 12.3 Å². The maximum atomic E-state index is 13.7. The molecule has 0 atom stereocenters. The van der Waals surface area contributed by atoms with Crippen LogP contribution in [0.3, 0.4) is 0 Å². The van der Waals surface area contributed by atoms with Crippen molar-refractivity contribution in [1.29, 1.82) is 0 Å². The van der Waals surface area contributed by atoms with Gasteiger partial charge in [-0.05, 0) is 42.0 Å². The van der Waals surface area contributed by atoms with E-state index in [9.17, 15) is 9.18 Å². The fourth-order valence-corrected chi connectivity index (χ4v) is 2.37. The minimum atomic E-state index is -0.385. The smallest absolute Gasteiger partial charge is 0.251 e. The molecule has 0 saturated heterocycles. The van der Waals surface area contributed by atoms with Gasteiger partial charge in [-0.2, -0.15) is 0 Å². The number of rotatable bonds is 6.